The summed E-state index contributed by atoms with van der Waals surface area (Å²) in [6.45, 7) is 8.60. The van der Waals surface area contributed by atoms with Crippen LogP contribution in [0.5, 0.6) is 0 Å². The molecule has 0 aromatic heterocycles. The molecular formula is C30H30Cl2Zr-2. The number of halogens is 2. The van der Waals surface area contributed by atoms with Crippen molar-refractivity contribution in [3.8, 4) is 11.1 Å². The van der Waals surface area contributed by atoms with Crippen LogP contribution >= 0.6 is 0 Å². The molecule has 1 unspecified atom stereocenters. The van der Waals surface area contributed by atoms with E-state index in [9.17, 15) is 0 Å². The minimum atomic E-state index is 0. The van der Waals surface area contributed by atoms with Crippen LogP contribution in [0, 0.1) is 18.1 Å². The summed E-state index contributed by atoms with van der Waals surface area (Å²) in [6.07, 6.45) is 7.75. The molecule has 3 aromatic carbocycles. The molecule has 0 spiro atoms. The van der Waals surface area contributed by atoms with E-state index in [4.69, 9.17) is 0 Å². The molecule has 0 amide bonds. The fourth-order valence-corrected chi connectivity index (χ4v) is 4.25. The largest absolute Gasteiger partial charge is 1.00 e. The van der Waals surface area contributed by atoms with E-state index in [0.717, 1.165) is 6.42 Å². The molecular weight excluding hydrogens is 522 g/mol. The van der Waals surface area contributed by atoms with Crippen LogP contribution in [-0.2, 0) is 30.7 Å². The first-order chi connectivity index (χ1) is 15.0. The van der Waals surface area contributed by atoms with Crippen LogP contribution < -0.4 is 24.8 Å². The van der Waals surface area contributed by atoms with Gasteiger partial charge in [-0.1, -0.05) is 55.2 Å². The minimum Gasteiger partial charge on any atom is -1.00 e. The molecule has 1 atom stereocenters. The van der Waals surface area contributed by atoms with Crippen LogP contribution in [0.1, 0.15) is 50.8 Å². The van der Waals surface area contributed by atoms with Crippen molar-refractivity contribution in [1.29, 1.82) is 0 Å². The number of hydrogen-bond acceptors (Lipinski definition) is 0. The van der Waals surface area contributed by atoms with Gasteiger partial charge in [0.25, 0.3) is 0 Å². The van der Waals surface area contributed by atoms with Crippen LogP contribution in [0.2, 0.25) is 0 Å². The van der Waals surface area contributed by atoms with E-state index in [0.29, 0.717) is 5.92 Å². The summed E-state index contributed by atoms with van der Waals surface area (Å²) in [4.78, 5) is 0. The molecule has 33 heavy (non-hydrogen) atoms. The Balaban J connectivity index is 0.000000248. The second kappa shape index (κ2) is 14.7. The Bertz CT molecular complexity index is 1040. The molecule has 0 aliphatic heterocycles. The van der Waals surface area contributed by atoms with Gasteiger partial charge >= 0.3 is 76.7 Å². The van der Waals surface area contributed by atoms with Crippen molar-refractivity contribution in [3.63, 3.8) is 0 Å². The van der Waals surface area contributed by atoms with E-state index in [-0.39, 0.29) is 24.8 Å². The molecule has 0 nitrogen and oxygen atoms in total. The standard InChI is InChI=1S/C13H9.C9H10.C8H11.2ClH.Zr/c1-3-7-12-10(5-1)9-11-6-2-4-8-13(11)12;1-2-6-9-7-4-3-5-8-9;1-6-4-7(2)8(3)5-6;;;/h1-5,7-8H,9H2;3-5,7-8H,2H2,1H3;4,6H,1-3H3;2*1H;/q-1;;-1;;;+2/p-2. The average molecular weight is 553 g/mol. The van der Waals surface area contributed by atoms with Crippen LogP contribution in [0.15, 0.2) is 90.0 Å². The van der Waals surface area contributed by atoms with Crippen molar-refractivity contribution in [2.75, 3.05) is 0 Å². The van der Waals surface area contributed by atoms with Gasteiger partial charge < -0.3 is 24.8 Å². The van der Waals surface area contributed by atoms with Crippen molar-refractivity contribution in [2.45, 2.75) is 40.5 Å². The summed E-state index contributed by atoms with van der Waals surface area (Å²) in [7, 11) is 0. The molecule has 0 N–H and O–H groups in total. The fourth-order valence-electron chi connectivity index (χ4n) is 3.84. The first-order valence-electron chi connectivity index (χ1n) is 11.0. The van der Waals surface area contributed by atoms with Crippen molar-refractivity contribution in [1.82, 2.24) is 0 Å². The molecule has 2 aliphatic rings. The van der Waals surface area contributed by atoms with E-state index in [1.165, 1.54) is 69.6 Å². The van der Waals surface area contributed by atoms with Crippen LogP contribution in [0.25, 0.3) is 11.1 Å². The SMILES string of the molecule is CC1=[C-]C(C)C=C1C.CC[C](=[Zr+2])c1ccccc1.[Cl-].[Cl-].[c-]1cccc2c1Cc1ccccc1-2. The van der Waals surface area contributed by atoms with Gasteiger partial charge in [0.05, 0.1) is 0 Å². The number of hydrogen-bond donors (Lipinski definition) is 0. The van der Waals surface area contributed by atoms with Gasteiger partial charge in [-0.3, -0.25) is 6.08 Å². The van der Waals surface area contributed by atoms with E-state index in [1.54, 1.807) is 3.21 Å². The Morgan fingerprint density at radius 1 is 0.909 bits per heavy atom. The van der Waals surface area contributed by atoms with Gasteiger partial charge in [0.15, 0.2) is 0 Å². The maximum absolute atomic E-state index is 3.30. The third-order valence-electron chi connectivity index (χ3n) is 5.63. The smallest absolute Gasteiger partial charge is 0.0253 e. The molecule has 0 heterocycles. The van der Waals surface area contributed by atoms with Gasteiger partial charge in [0.2, 0.25) is 0 Å². The Morgan fingerprint density at radius 3 is 2.12 bits per heavy atom. The zero-order valence-electron chi connectivity index (χ0n) is 19.8. The predicted molar refractivity (Wildman–Crippen MR) is 130 cm³/mol. The maximum Gasteiger partial charge on any atom is -0.0253 e. The summed E-state index contributed by atoms with van der Waals surface area (Å²) in [5.74, 6) is 0.551. The van der Waals surface area contributed by atoms with Gasteiger partial charge in [-0.15, -0.1) is 12.5 Å². The summed E-state index contributed by atoms with van der Waals surface area (Å²) >= 11 is 1.54. The van der Waals surface area contributed by atoms with Crippen LogP contribution in [0.3, 0.4) is 0 Å². The monoisotopic (exact) mass is 550 g/mol. The van der Waals surface area contributed by atoms with Gasteiger partial charge in [0, 0.05) is 0 Å². The van der Waals surface area contributed by atoms with Gasteiger partial charge in [-0.05, 0) is 6.42 Å². The Kier molecular flexibility index (Phi) is 13.1. The Labute approximate surface area is 227 Å². The van der Waals surface area contributed by atoms with E-state index in [1.807, 2.05) is 6.07 Å². The number of fused-ring (bicyclic) bond motifs is 3. The number of allylic oxidation sites excluding steroid dienone is 4. The number of rotatable bonds is 2. The quantitative estimate of drug-likeness (QED) is 0.332. The van der Waals surface area contributed by atoms with Gasteiger partial charge in [-0.25, -0.2) is 11.1 Å². The molecule has 0 saturated carbocycles. The summed E-state index contributed by atoms with van der Waals surface area (Å²) in [6, 6.07) is 28.7. The van der Waals surface area contributed by atoms with E-state index in [2.05, 4.69) is 113 Å². The summed E-state index contributed by atoms with van der Waals surface area (Å²) in [5.41, 5.74) is 9.62. The molecule has 170 valence electrons. The maximum atomic E-state index is 3.30. The zero-order chi connectivity index (χ0) is 22.2. The molecule has 0 saturated heterocycles. The van der Waals surface area contributed by atoms with Crippen molar-refractivity contribution >= 4 is 3.21 Å². The molecule has 5 rings (SSSR count). The minimum absolute atomic E-state index is 0. The van der Waals surface area contributed by atoms with Crippen molar-refractivity contribution in [2.24, 2.45) is 5.92 Å². The topological polar surface area (TPSA) is 0 Å². The molecule has 0 bridgehead atoms. The third-order valence-corrected chi connectivity index (χ3v) is 7.21. The van der Waals surface area contributed by atoms with Gasteiger partial charge in [0.1, 0.15) is 0 Å². The molecule has 0 fully saturated rings. The Hall–Kier alpha value is -1.53. The van der Waals surface area contributed by atoms with Crippen molar-refractivity contribution in [3.05, 3.63) is 119 Å². The zero-order valence-corrected chi connectivity index (χ0v) is 23.7. The van der Waals surface area contributed by atoms with E-state index < -0.39 is 0 Å². The number of benzene rings is 3. The molecule has 3 heteroatoms. The normalized spacial score (nSPS) is 14.4. The predicted octanol–water partition coefficient (Wildman–Crippen LogP) is 1.56. The molecule has 3 aromatic rings. The molecule has 0 radical (unpaired) electrons. The first-order valence-corrected chi connectivity index (χ1v) is 12.2. The van der Waals surface area contributed by atoms with Crippen molar-refractivity contribution < 1.29 is 49.0 Å². The third kappa shape index (κ3) is 8.33. The van der Waals surface area contributed by atoms with Crippen LogP contribution in [0.4, 0.5) is 0 Å². The summed E-state index contributed by atoms with van der Waals surface area (Å²) < 4.78 is 1.55. The first kappa shape index (κ1) is 29.5. The summed E-state index contributed by atoms with van der Waals surface area (Å²) in [5, 5.41) is 0. The molecule has 2 aliphatic carbocycles. The Morgan fingerprint density at radius 2 is 1.55 bits per heavy atom. The van der Waals surface area contributed by atoms with Gasteiger partial charge in [-0.2, -0.15) is 35.9 Å². The second-order valence-corrected chi connectivity index (χ2v) is 9.49. The second-order valence-electron chi connectivity index (χ2n) is 8.00. The van der Waals surface area contributed by atoms with E-state index >= 15 is 0 Å². The average Bonchev–Trinajstić information content (AvgIpc) is 3.32. The fraction of sp³-hybridized carbons (Fsp3) is 0.233. The van der Waals surface area contributed by atoms with Crippen LogP contribution in [-0.4, -0.2) is 3.21 Å².